The van der Waals surface area contributed by atoms with E-state index >= 15 is 0 Å². The molecule has 0 bridgehead atoms. The van der Waals surface area contributed by atoms with Crippen molar-refractivity contribution < 1.29 is 14.3 Å². The van der Waals surface area contributed by atoms with Crippen molar-refractivity contribution in [2.24, 2.45) is 5.92 Å². The standard InChI is InChI=1S/C20H30N2O3/c23-20(16-18-6-4-14-24-17-18)22-10-5-9-21(11-12-22)13-15-25-19-7-2-1-3-8-19/h1-3,7-8,18H,4-6,9-17H2. The molecular formula is C20H30N2O3. The predicted molar refractivity (Wildman–Crippen MR) is 97.7 cm³/mol. The minimum Gasteiger partial charge on any atom is -0.492 e. The molecule has 0 aromatic heterocycles. The van der Waals surface area contributed by atoms with Crippen LogP contribution in [0, 0.1) is 5.92 Å². The Hall–Kier alpha value is -1.59. The van der Waals surface area contributed by atoms with Crippen LogP contribution in [0.3, 0.4) is 0 Å². The van der Waals surface area contributed by atoms with Crippen LogP contribution in [-0.4, -0.2) is 68.3 Å². The Morgan fingerprint density at radius 2 is 2.00 bits per heavy atom. The maximum atomic E-state index is 12.6. The summed E-state index contributed by atoms with van der Waals surface area (Å²) in [5.41, 5.74) is 0. The maximum absolute atomic E-state index is 12.6. The highest BCUT2D eigenvalue weighted by Gasteiger charge is 2.23. The molecule has 1 amide bonds. The third-order valence-electron chi connectivity index (χ3n) is 5.08. The lowest BCUT2D eigenvalue weighted by Crippen LogP contribution is -2.37. The summed E-state index contributed by atoms with van der Waals surface area (Å²) in [4.78, 5) is 17.0. The van der Waals surface area contributed by atoms with Gasteiger partial charge in [-0.1, -0.05) is 18.2 Å². The van der Waals surface area contributed by atoms with Crippen LogP contribution in [0.4, 0.5) is 0 Å². The fourth-order valence-electron chi connectivity index (χ4n) is 3.60. The van der Waals surface area contributed by atoms with Gasteiger partial charge in [-0.05, 0) is 37.3 Å². The van der Waals surface area contributed by atoms with E-state index in [0.717, 1.165) is 70.9 Å². The summed E-state index contributed by atoms with van der Waals surface area (Å²) in [6.45, 7) is 6.89. The number of nitrogens with zero attached hydrogens (tertiary/aromatic N) is 2. The second kappa shape index (κ2) is 9.78. The van der Waals surface area contributed by atoms with Crippen molar-refractivity contribution in [1.29, 1.82) is 0 Å². The van der Waals surface area contributed by atoms with Crippen LogP contribution in [0.25, 0.3) is 0 Å². The number of ether oxygens (including phenoxy) is 2. The molecule has 5 heteroatoms. The van der Waals surface area contributed by atoms with Crippen LogP contribution in [0.5, 0.6) is 5.75 Å². The van der Waals surface area contributed by atoms with Gasteiger partial charge < -0.3 is 14.4 Å². The molecule has 2 aliphatic heterocycles. The molecule has 1 aromatic carbocycles. The number of carbonyl (C=O) groups excluding carboxylic acids is 1. The Bertz CT molecular complexity index is 517. The molecule has 2 saturated heterocycles. The molecule has 1 atom stereocenters. The molecule has 0 spiro atoms. The molecule has 1 unspecified atom stereocenters. The SMILES string of the molecule is O=C(CC1CCCOC1)N1CCCN(CCOc2ccccc2)CC1. The number of carbonyl (C=O) groups is 1. The molecule has 3 rings (SSSR count). The van der Waals surface area contributed by atoms with E-state index < -0.39 is 0 Å². The van der Waals surface area contributed by atoms with Crippen molar-refractivity contribution in [1.82, 2.24) is 9.80 Å². The highest BCUT2D eigenvalue weighted by Crippen LogP contribution is 2.19. The number of amides is 1. The van der Waals surface area contributed by atoms with Crippen LogP contribution in [-0.2, 0) is 9.53 Å². The first-order valence-corrected chi connectivity index (χ1v) is 9.57. The Morgan fingerprint density at radius 3 is 2.80 bits per heavy atom. The summed E-state index contributed by atoms with van der Waals surface area (Å²) in [7, 11) is 0. The van der Waals surface area contributed by atoms with Crippen LogP contribution >= 0.6 is 0 Å². The fraction of sp³-hybridized carbons (Fsp3) is 0.650. The largest absolute Gasteiger partial charge is 0.492 e. The Labute approximate surface area is 150 Å². The molecule has 138 valence electrons. The first-order chi connectivity index (χ1) is 12.3. The fourth-order valence-corrected chi connectivity index (χ4v) is 3.60. The molecule has 0 saturated carbocycles. The van der Waals surface area contributed by atoms with Gasteiger partial charge in [0.05, 0.1) is 0 Å². The molecule has 2 aliphatic rings. The quantitative estimate of drug-likeness (QED) is 0.793. The molecule has 0 radical (unpaired) electrons. The van der Waals surface area contributed by atoms with Crippen molar-refractivity contribution >= 4 is 5.91 Å². The summed E-state index contributed by atoms with van der Waals surface area (Å²) >= 11 is 0. The van der Waals surface area contributed by atoms with E-state index in [4.69, 9.17) is 9.47 Å². The van der Waals surface area contributed by atoms with Gasteiger partial charge in [-0.3, -0.25) is 9.69 Å². The van der Waals surface area contributed by atoms with Crippen molar-refractivity contribution in [2.75, 3.05) is 52.5 Å². The van der Waals surface area contributed by atoms with E-state index in [0.29, 0.717) is 24.9 Å². The minimum absolute atomic E-state index is 0.304. The van der Waals surface area contributed by atoms with Gasteiger partial charge in [-0.25, -0.2) is 0 Å². The molecule has 0 N–H and O–H groups in total. The zero-order valence-electron chi connectivity index (χ0n) is 15.1. The average Bonchev–Trinajstić information content (AvgIpc) is 2.89. The van der Waals surface area contributed by atoms with Gasteiger partial charge in [-0.15, -0.1) is 0 Å². The van der Waals surface area contributed by atoms with Crippen LogP contribution in [0.1, 0.15) is 25.7 Å². The number of rotatable bonds is 6. The normalized spacial score (nSPS) is 22.4. The van der Waals surface area contributed by atoms with Crippen LogP contribution < -0.4 is 4.74 Å². The first kappa shape index (κ1) is 18.2. The maximum Gasteiger partial charge on any atom is 0.222 e. The van der Waals surface area contributed by atoms with Crippen LogP contribution in [0.2, 0.25) is 0 Å². The average molecular weight is 346 g/mol. The first-order valence-electron chi connectivity index (χ1n) is 9.57. The molecule has 2 heterocycles. The van der Waals surface area contributed by atoms with Gasteiger partial charge in [0.15, 0.2) is 0 Å². The lowest BCUT2D eigenvalue weighted by Gasteiger charge is -2.26. The number of benzene rings is 1. The second-order valence-corrected chi connectivity index (χ2v) is 7.02. The summed E-state index contributed by atoms with van der Waals surface area (Å²) in [5.74, 6) is 1.64. The topological polar surface area (TPSA) is 42.0 Å². The monoisotopic (exact) mass is 346 g/mol. The van der Waals surface area contributed by atoms with E-state index in [2.05, 4.69) is 4.90 Å². The molecular weight excluding hydrogens is 316 g/mol. The summed E-state index contributed by atoms with van der Waals surface area (Å²) in [6, 6.07) is 9.94. The number of para-hydroxylation sites is 1. The smallest absolute Gasteiger partial charge is 0.222 e. The van der Waals surface area contributed by atoms with E-state index in [1.54, 1.807) is 0 Å². The van der Waals surface area contributed by atoms with Crippen molar-refractivity contribution in [3.63, 3.8) is 0 Å². The highest BCUT2D eigenvalue weighted by molar-refractivity contribution is 5.76. The van der Waals surface area contributed by atoms with E-state index in [9.17, 15) is 4.79 Å². The van der Waals surface area contributed by atoms with Gasteiger partial charge in [-0.2, -0.15) is 0 Å². The van der Waals surface area contributed by atoms with Gasteiger partial charge in [0.25, 0.3) is 0 Å². The van der Waals surface area contributed by atoms with E-state index in [1.165, 1.54) is 0 Å². The molecule has 0 aliphatic carbocycles. The van der Waals surface area contributed by atoms with Gasteiger partial charge in [0.2, 0.25) is 5.91 Å². The predicted octanol–water partition coefficient (Wildman–Crippen LogP) is 2.42. The molecule has 2 fully saturated rings. The van der Waals surface area contributed by atoms with Crippen LogP contribution in [0.15, 0.2) is 30.3 Å². The Morgan fingerprint density at radius 1 is 1.12 bits per heavy atom. The summed E-state index contributed by atoms with van der Waals surface area (Å²) < 4.78 is 11.3. The lowest BCUT2D eigenvalue weighted by atomic mass is 9.98. The van der Waals surface area contributed by atoms with Crippen molar-refractivity contribution in [3.05, 3.63) is 30.3 Å². The Kier molecular flexibility index (Phi) is 7.12. The zero-order valence-corrected chi connectivity index (χ0v) is 15.1. The van der Waals surface area contributed by atoms with Crippen molar-refractivity contribution in [3.8, 4) is 5.75 Å². The van der Waals surface area contributed by atoms with E-state index in [-0.39, 0.29) is 0 Å². The Balaban J connectivity index is 1.37. The molecule has 5 nitrogen and oxygen atoms in total. The highest BCUT2D eigenvalue weighted by atomic mass is 16.5. The summed E-state index contributed by atoms with van der Waals surface area (Å²) in [5, 5.41) is 0. The third kappa shape index (κ3) is 6.01. The molecule has 25 heavy (non-hydrogen) atoms. The third-order valence-corrected chi connectivity index (χ3v) is 5.08. The second-order valence-electron chi connectivity index (χ2n) is 7.02. The van der Waals surface area contributed by atoms with Gasteiger partial charge in [0.1, 0.15) is 12.4 Å². The van der Waals surface area contributed by atoms with Crippen molar-refractivity contribution in [2.45, 2.75) is 25.7 Å². The van der Waals surface area contributed by atoms with Gasteiger partial charge >= 0.3 is 0 Å². The van der Waals surface area contributed by atoms with E-state index in [1.807, 2.05) is 35.2 Å². The number of hydrogen-bond donors (Lipinski definition) is 0. The molecule has 1 aromatic rings. The van der Waals surface area contributed by atoms with Gasteiger partial charge in [0, 0.05) is 52.4 Å². The number of hydrogen-bond acceptors (Lipinski definition) is 4. The zero-order chi connectivity index (χ0) is 17.3. The summed E-state index contributed by atoms with van der Waals surface area (Å²) in [6.07, 6.45) is 3.91. The minimum atomic E-state index is 0.304. The lowest BCUT2D eigenvalue weighted by molar-refractivity contribution is -0.133.